The molecule has 4 rings (SSSR count). The Balaban J connectivity index is 0.00000240. The summed E-state index contributed by atoms with van der Waals surface area (Å²) in [5.74, 6) is -0.0920. The number of rotatable bonds is 5. The van der Waals surface area contributed by atoms with Crippen LogP contribution in [0.5, 0.6) is 0 Å². The van der Waals surface area contributed by atoms with E-state index in [1.165, 1.54) is 0 Å². The van der Waals surface area contributed by atoms with Crippen LogP contribution in [0.25, 0.3) is 11.0 Å². The Labute approximate surface area is 178 Å². The minimum absolute atomic E-state index is 0. The van der Waals surface area contributed by atoms with E-state index in [0.29, 0.717) is 17.7 Å². The van der Waals surface area contributed by atoms with Crippen LogP contribution in [0, 0.1) is 16.7 Å². The molecule has 0 saturated heterocycles. The first-order chi connectivity index (χ1) is 13.7. The molecule has 1 heterocycles. The molecule has 4 aromatic rings. The van der Waals surface area contributed by atoms with Crippen LogP contribution in [0.4, 0.5) is 0 Å². The van der Waals surface area contributed by atoms with Gasteiger partial charge in [-0.15, -0.1) is 17.0 Å². The van der Waals surface area contributed by atoms with E-state index in [0.717, 1.165) is 16.6 Å². The number of carbonyl (C=O) groups excluding carboxylic acids is 1. The Hall–Kier alpha value is -3.43. The number of Topliss-reactive ketones (excluding diaryl/α,β-unsaturated/α-hetero) is 1. The molecular formula is C23H19BrN4O. The molecule has 0 bridgehead atoms. The highest BCUT2D eigenvalue weighted by Gasteiger charge is 2.14. The van der Waals surface area contributed by atoms with Crippen molar-refractivity contribution >= 4 is 33.8 Å². The maximum atomic E-state index is 12.8. The molecule has 0 aliphatic heterocycles. The Kier molecular flexibility index (Phi) is 6.10. The summed E-state index contributed by atoms with van der Waals surface area (Å²) in [6.07, 6.45) is 0. The molecule has 1 N–H and O–H groups in total. The van der Waals surface area contributed by atoms with E-state index in [2.05, 4.69) is 6.07 Å². The second-order valence-electron chi connectivity index (χ2n) is 6.58. The van der Waals surface area contributed by atoms with Gasteiger partial charge in [-0.2, -0.15) is 5.26 Å². The molecule has 0 aliphatic carbocycles. The van der Waals surface area contributed by atoms with Crippen molar-refractivity contribution in [2.24, 2.45) is 0 Å². The van der Waals surface area contributed by atoms with E-state index in [4.69, 9.17) is 10.7 Å². The average molecular weight is 447 g/mol. The number of fused-ring (bicyclic) bond motifs is 1. The van der Waals surface area contributed by atoms with E-state index < -0.39 is 0 Å². The molecule has 1 aromatic heterocycles. The number of aromatic nitrogens is 2. The van der Waals surface area contributed by atoms with E-state index in [1.807, 2.05) is 59.2 Å². The fourth-order valence-corrected chi connectivity index (χ4v) is 3.35. The summed E-state index contributed by atoms with van der Waals surface area (Å²) in [4.78, 5) is 12.8. The first-order valence-corrected chi connectivity index (χ1v) is 8.97. The maximum absolute atomic E-state index is 12.8. The van der Waals surface area contributed by atoms with Crippen molar-refractivity contribution in [2.45, 2.75) is 13.1 Å². The zero-order valence-electron chi connectivity index (χ0n) is 15.6. The number of hydrogen-bond donors (Lipinski definition) is 1. The summed E-state index contributed by atoms with van der Waals surface area (Å²) in [6, 6.07) is 26.4. The highest BCUT2D eigenvalue weighted by molar-refractivity contribution is 8.93. The second-order valence-corrected chi connectivity index (χ2v) is 6.58. The fraction of sp³-hybridized carbons (Fsp3) is 0.0870. The minimum Gasteiger partial charge on any atom is -0.306 e. The van der Waals surface area contributed by atoms with Crippen molar-refractivity contribution in [1.29, 1.82) is 10.7 Å². The van der Waals surface area contributed by atoms with Crippen molar-refractivity contribution in [2.75, 3.05) is 0 Å². The standard InChI is InChI=1S/C23H18N4O.BrH/c24-14-17-10-12-19(13-11-17)22(28)16-27-21-9-5-4-8-20(21)26(23(27)25)15-18-6-2-1-3-7-18;/h1-13,25H,15-16H2;1H. The lowest BCUT2D eigenvalue weighted by atomic mass is 10.1. The molecule has 6 heteroatoms. The lowest BCUT2D eigenvalue weighted by molar-refractivity contribution is 0.0971. The van der Waals surface area contributed by atoms with Crippen LogP contribution >= 0.6 is 17.0 Å². The van der Waals surface area contributed by atoms with Crippen LogP contribution in [0.1, 0.15) is 21.5 Å². The summed E-state index contributed by atoms with van der Waals surface area (Å²) in [5.41, 5.74) is 4.21. The number of carbonyl (C=O) groups is 1. The van der Waals surface area contributed by atoms with Crippen molar-refractivity contribution in [1.82, 2.24) is 9.13 Å². The number of para-hydroxylation sites is 2. The van der Waals surface area contributed by atoms with Crippen LogP contribution < -0.4 is 5.62 Å². The molecule has 0 amide bonds. The third kappa shape index (κ3) is 4.05. The monoisotopic (exact) mass is 446 g/mol. The highest BCUT2D eigenvalue weighted by Crippen LogP contribution is 2.15. The van der Waals surface area contributed by atoms with Crippen molar-refractivity contribution in [3.63, 3.8) is 0 Å². The van der Waals surface area contributed by atoms with E-state index >= 15 is 0 Å². The van der Waals surface area contributed by atoms with Gasteiger partial charge in [-0.3, -0.25) is 10.2 Å². The van der Waals surface area contributed by atoms with Crippen molar-refractivity contribution < 1.29 is 4.79 Å². The van der Waals surface area contributed by atoms with Gasteiger partial charge in [0, 0.05) is 5.56 Å². The van der Waals surface area contributed by atoms with Crippen molar-refractivity contribution in [3.05, 3.63) is 101 Å². The van der Waals surface area contributed by atoms with Gasteiger partial charge in [0.2, 0.25) is 5.62 Å². The quantitative estimate of drug-likeness (QED) is 0.463. The number of nitrogens with zero attached hydrogens (tertiary/aromatic N) is 3. The smallest absolute Gasteiger partial charge is 0.203 e. The molecule has 0 spiro atoms. The lowest BCUT2D eigenvalue weighted by Gasteiger charge is -2.05. The number of nitrogens with one attached hydrogen (secondary N) is 1. The molecule has 0 fully saturated rings. The number of halogens is 1. The summed E-state index contributed by atoms with van der Waals surface area (Å²) in [5, 5.41) is 17.6. The normalized spacial score (nSPS) is 10.3. The largest absolute Gasteiger partial charge is 0.306 e. The number of hydrogen-bond acceptors (Lipinski definition) is 3. The van der Waals surface area contributed by atoms with Gasteiger partial charge in [-0.05, 0) is 29.8 Å². The molecule has 29 heavy (non-hydrogen) atoms. The average Bonchev–Trinajstić information content (AvgIpc) is 3.00. The molecule has 0 radical (unpaired) electrons. The third-order valence-corrected chi connectivity index (χ3v) is 4.80. The zero-order valence-corrected chi connectivity index (χ0v) is 17.3. The van der Waals surface area contributed by atoms with E-state index in [-0.39, 0.29) is 34.9 Å². The van der Waals surface area contributed by atoms with Crippen LogP contribution in [0.2, 0.25) is 0 Å². The minimum atomic E-state index is -0.0920. The summed E-state index contributed by atoms with van der Waals surface area (Å²) in [6.45, 7) is 0.644. The Morgan fingerprint density at radius 1 is 0.862 bits per heavy atom. The van der Waals surface area contributed by atoms with Gasteiger partial charge in [0.05, 0.1) is 35.8 Å². The van der Waals surface area contributed by atoms with E-state index in [1.54, 1.807) is 28.8 Å². The van der Waals surface area contributed by atoms with Crippen LogP contribution in [0.3, 0.4) is 0 Å². The summed E-state index contributed by atoms with van der Waals surface area (Å²) in [7, 11) is 0. The van der Waals surface area contributed by atoms with Crippen LogP contribution in [0.15, 0.2) is 78.9 Å². The second kappa shape index (κ2) is 8.72. The van der Waals surface area contributed by atoms with Gasteiger partial charge in [-0.1, -0.05) is 54.6 Å². The van der Waals surface area contributed by atoms with Crippen molar-refractivity contribution in [3.8, 4) is 6.07 Å². The SMILES string of the molecule is Br.N#Cc1ccc(C(=O)Cn2c(=N)n(Cc3ccccc3)c3ccccc32)cc1. The molecule has 3 aromatic carbocycles. The Morgan fingerprint density at radius 3 is 2.07 bits per heavy atom. The van der Waals surface area contributed by atoms with Gasteiger partial charge in [0.25, 0.3) is 0 Å². The highest BCUT2D eigenvalue weighted by atomic mass is 79.9. The number of nitriles is 1. The van der Waals surface area contributed by atoms with Gasteiger partial charge < -0.3 is 9.13 Å². The molecule has 0 aliphatic rings. The number of ketones is 1. The van der Waals surface area contributed by atoms with Gasteiger partial charge in [-0.25, -0.2) is 0 Å². The van der Waals surface area contributed by atoms with Gasteiger partial charge >= 0.3 is 0 Å². The predicted octanol–water partition coefficient (Wildman–Crippen LogP) is 4.30. The fourth-order valence-electron chi connectivity index (χ4n) is 3.35. The Morgan fingerprint density at radius 2 is 1.45 bits per heavy atom. The van der Waals surface area contributed by atoms with Gasteiger partial charge in [0.15, 0.2) is 5.78 Å². The van der Waals surface area contributed by atoms with Crippen LogP contribution in [-0.4, -0.2) is 14.9 Å². The lowest BCUT2D eigenvalue weighted by Crippen LogP contribution is -2.27. The molecule has 0 unspecified atom stereocenters. The van der Waals surface area contributed by atoms with Crippen LogP contribution in [-0.2, 0) is 13.1 Å². The molecular weight excluding hydrogens is 428 g/mol. The predicted molar refractivity (Wildman–Crippen MR) is 117 cm³/mol. The number of imidazole rings is 1. The Bertz CT molecular complexity index is 1250. The molecule has 144 valence electrons. The molecule has 5 nitrogen and oxygen atoms in total. The van der Waals surface area contributed by atoms with E-state index in [9.17, 15) is 4.79 Å². The topological polar surface area (TPSA) is 74.6 Å². The zero-order chi connectivity index (χ0) is 19.5. The number of benzene rings is 3. The maximum Gasteiger partial charge on any atom is 0.203 e. The first kappa shape index (κ1) is 20.3. The van der Waals surface area contributed by atoms with Gasteiger partial charge in [0.1, 0.15) is 0 Å². The first-order valence-electron chi connectivity index (χ1n) is 8.97. The molecule has 0 saturated carbocycles. The summed E-state index contributed by atoms with van der Waals surface area (Å²) >= 11 is 0. The molecule has 0 atom stereocenters. The summed E-state index contributed by atoms with van der Waals surface area (Å²) < 4.78 is 3.65. The third-order valence-electron chi connectivity index (χ3n) is 4.80.